The summed E-state index contributed by atoms with van der Waals surface area (Å²) in [6, 6.07) is 13.1. The van der Waals surface area contributed by atoms with Gasteiger partial charge >= 0.3 is 23.9 Å². The number of phenols is 2. The molecule has 1 amide bonds. The number of aryl methyl sites for hydroxylation is 2. The molecule has 1 unspecified atom stereocenters. The van der Waals surface area contributed by atoms with Crippen LogP contribution in [0.4, 0.5) is 0 Å². The number of esters is 4. The van der Waals surface area contributed by atoms with Crippen molar-refractivity contribution in [3.05, 3.63) is 114 Å². The number of rotatable bonds is 26. The first-order chi connectivity index (χ1) is 41.0. The normalized spacial score (nSPS) is 17.5. The topological polar surface area (TPSA) is 308 Å². The second kappa shape index (κ2) is 25.0. The third-order valence-electron chi connectivity index (χ3n) is 15.9. The van der Waals surface area contributed by atoms with E-state index >= 15 is 0 Å². The van der Waals surface area contributed by atoms with Gasteiger partial charge in [-0.2, -0.15) is 0 Å². The Morgan fingerprint density at radius 3 is 1.66 bits per heavy atom. The Kier molecular flexibility index (Phi) is 17.6. The number of carbonyl (C=O) groups excluding carboxylic acids is 6. The van der Waals surface area contributed by atoms with Gasteiger partial charge in [-0.1, -0.05) is 27.7 Å². The van der Waals surface area contributed by atoms with Gasteiger partial charge in [-0.05, 0) is 85.3 Å². The first-order valence-corrected chi connectivity index (χ1v) is 28.2. The zero-order chi connectivity index (χ0) is 60.3. The number of amides is 1. The molecule has 8 heterocycles. The van der Waals surface area contributed by atoms with E-state index in [-0.39, 0.29) is 132 Å². The lowest BCUT2D eigenvalue weighted by Gasteiger charge is -2.35. The fourth-order valence-electron chi connectivity index (χ4n) is 11.7. The molecule has 448 valence electrons. The zero-order valence-electron chi connectivity index (χ0n) is 47.8. The van der Waals surface area contributed by atoms with Crippen molar-refractivity contribution < 1.29 is 81.6 Å². The standard InChI is InChI=1S/C61H65N5O19/c1-6-37-39-20-33(67)10-13-47(39)63-54-41(37)25-65-49(54)22-45-43(56(65)73)30-82-58(75)60(45,8-3)84-52(71)15-12-35(69)27-78-18-19-81-36(28-77-5)29-79-16-17-80-32-51(70)62-24-53(72)85-61(9-4)46-23-50-55-42(26-66(50)57(74)44(46)31-83-59(61)76)38(7-2)40-21-34(68)11-14-48(40)64-55/h10-11,13-14,20-23,36,67-68H,6-9,12,15-19,24-32H2,1-5H3,(H,62,70)/t36?,60-,61-/m0/s1. The number of ether oxygens (including phenoxy) is 9. The van der Waals surface area contributed by atoms with E-state index in [1.165, 1.54) is 19.2 Å². The number of carbonyl (C=O) groups is 6. The van der Waals surface area contributed by atoms with Crippen LogP contribution in [0.3, 0.4) is 0 Å². The molecule has 0 saturated carbocycles. The second-order valence-electron chi connectivity index (χ2n) is 21.0. The predicted octanol–water partition coefficient (Wildman–Crippen LogP) is 4.36. The third kappa shape index (κ3) is 11.4. The number of aromatic hydroxyl groups is 2. The van der Waals surface area contributed by atoms with Crippen LogP contribution in [0.2, 0.25) is 0 Å². The van der Waals surface area contributed by atoms with Crippen LogP contribution in [0, 0.1) is 0 Å². The average molecular weight is 1170 g/mol. The first kappa shape index (κ1) is 59.7. The fraction of sp³-hybridized carbons (Fsp3) is 0.443. The number of phenolic OH excluding ortho intramolecular Hbond substituents is 2. The number of hydrogen-bond donors (Lipinski definition) is 3. The van der Waals surface area contributed by atoms with Crippen LogP contribution in [0.1, 0.15) is 97.9 Å². The van der Waals surface area contributed by atoms with E-state index < -0.39 is 77.1 Å². The molecule has 0 aliphatic carbocycles. The Morgan fingerprint density at radius 2 is 1.14 bits per heavy atom. The number of cyclic esters (lactones) is 2. The van der Waals surface area contributed by atoms with Crippen LogP contribution in [0.25, 0.3) is 44.6 Å². The minimum Gasteiger partial charge on any atom is -0.508 e. The first-order valence-electron chi connectivity index (χ1n) is 28.2. The van der Waals surface area contributed by atoms with Gasteiger partial charge in [0.25, 0.3) is 11.1 Å². The number of fused-ring (bicyclic) bond motifs is 10. The molecule has 85 heavy (non-hydrogen) atoms. The smallest absolute Gasteiger partial charge is 0.355 e. The van der Waals surface area contributed by atoms with Crippen LogP contribution in [0.15, 0.2) is 58.1 Å². The lowest BCUT2D eigenvalue weighted by atomic mass is 9.85. The van der Waals surface area contributed by atoms with Gasteiger partial charge in [0.05, 0.1) is 104 Å². The zero-order valence-corrected chi connectivity index (χ0v) is 47.8. The van der Waals surface area contributed by atoms with Crippen molar-refractivity contribution in [2.45, 2.75) is 110 Å². The van der Waals surface area contributed by atoms with Gasteiger partial charge in [0.15, 0.2) is 5.78 Å². The maximum Gasteiger partial charge on any atom is 0.355 e. The number of hydrogen-bond acceptors (Lipinski definition) is 21. The fourth-order valence-corrected chi connectivity index (χ4v) is 11.7. The molecule has 24 nitrogen and oxygen atoms in total. The molecule has 4 aliphatic rings. The van der Waals surface area contributed by atoms with E-state index in [0.29, 0.717) is 46.7 Å². The molecule has 0 fully saturated rings. The molecule has 2 aromatic carbocycles. The molecule has 4 aromatic heterocycles. The van der Waals surface area contributed by atoms with Crippen molar-refractivity contribution in [1.29, 1.82) is 0 Å². The number of Topliss-reactive ketones (excluding diaryl/α,β-unsaturated/α-hetero) is 1. The second-order valence-corrected chi connectivity index (χ2v) is 21.0. The van der Waals surface area contributed by atoms with Gasteiger partial charge in [-0.15, -0.1) is 0 Å². The van der Waals surface area contributed by atoms with Crippen molar-refractivity contribution in [2.24, 2.45) is 0 Å². The lowest BCUT2D eigenvalue weighted by molar-refractivity contribution is -0.189. The van der Waals surface area contributed by atoms with E-state index in [1.54, 1.807) is 59.4 Å². The number of aromatic nitrogens is 4. The van der Waals surface area contributed by atoms with Gasteiger partial charge in [-0.25, -0.2) is 19.6 Å². The minimum atomic E-state index is -1.98. The summed E-state index contributed by atoms with van der Waals surface area (Å²) in [4.78, 5) is 117. The largest absolute Gasteiger partial charge is 0.508 e. The minimum absolute atomic E-state index is 0.00915. The summed E-state index contributed by atoms with van der Waals surface area (Å²) >= 11 is 0. The number of nitrogens with one attached hydrogen (secondary N) is 1. The molecule has 10 rings (SSSR count). The molecular weight excluding hydrogens is 1110 g/mol. The number of methoxy groups -OCH3 is 1. The summed E-state index contributed by atoms with van der Waals surface area (Å²) < 4.78 is 53.4. The summed E-state index contributed by atoms with van der Waals surface area (Å²) in [6.07, 6.45) is -0.0983. The molecule has 0 saturated heterocycles. The number of pyridine rings is 4. The predicted molar refractivity (Wildman–Crippen MR) is 300 cm³/mol. The highest BCUT2D eigenvalue weighted by Gasteiger charge is 2.52. The number of benzene rings is 2. The van der Waals surface area contributed by atoms with Gasteiger partial charge in [-0.3, -0.25) is 28.8 Å². The summed E-state index contributed by atoms with van der Waals surface area (Å²) in [7, 11) is 1.48. The molecule has 24 heteroatoms. The quantitative estimate of drug-likeness (QED) is 0.0385. The summed E-state index contributed by atoms with van der Waals surface area (Å²) in [5.74, 6) is -4.39. The SMILES string of the molecule is CCc1c2c(nc3ccc(O)cc13)-c1cc3c(c(=O)n1C2)COC(=O)[C@@]3(CC)OC(=O)CCC(=O)COCCOC(COC)COCCOCC(=O)NCC(=O)O[C@]1(CC)C(=O)OCc2c1cc1n(c2=O)Cc2c-1nc1ccc(O)cc1c2CC. The van der Waals surface area contributed by atoms with Crippen LogP contribution >= 0.6 is 0 Å². The maximum absolute atomic E-state index is 14.1. The van der Waals surface area contributed by atoms with Crippen molar-refractivity contribution in [2.75, 3.05) is 66.5 Å². The Balaban J connectivity index is 0.639. The van der Waals surface area contributed by atoms with E-state index in [0.717, 1.165) is 33.0 Å². The number of nitrogens with zero attached hydrogens (tertiary/aromatic N) is 4. The molecule has 3 N–H and O–H groups in total. The summed E-state index contributed by atoms with van der Waals surface area (Å²) in [5, 5.41) is 24.4. The van der Waals surface area contributed by atoms with Crippen LogP contribution < -0.4 is 16.4 Å². The highest BCUT2D eigenvalue weighted by Crippen LogP contribution is 2.45. The van der Waals surface area contributed by atoms with E-state index in [9.17, 15) is 48.6 Å². The van der Waals surface area contributed by atoms with Gasteiger partial charge in [0.1, 0.15) is 50.6 Å². The molecule has 0 bridgehead atoms. The maximum atomic E-state index is 14.1. The Hall–Kier alpha value is -8.42. The molecule has 4 aliphatic heterocycles. The van der Waals surface area contributed by atoms with Crippen LogP contribution in [0.5, 0.6) is 11.5 Å². The van der Waals surface area contributed by atoms with Crippen LogP contribution in [-0.2, 0) is 122 Å². The van der Waals surface area contributed by atoms with E-state index in [4.69, 9.17) is 52.6 Å². The third-order valence-corrected chi connectivity index (χ3v) is 15.9. The van der Waals surface area contributed by atoms with Gasteiger partial charge < -0.3 is 67.3 Å². The van der Waals surface area contributed by atoms with Crippen molar-refractivity contribution >= 4 is 57.4 Å². The van der Waals surface area contributed by atoms with Crippen molar-refractivity contribution in [1.82, 2.24) is 24.4 Å². The van der Waals surface area contributed by atoms with Gasteiger partial charge in [0, 0.05) is 46.6 Å². The van der Waals surface area contributed by atoms with E-state index in [2.05, 4.69) is 5.32 Å². The molecule has 6 aromatic rings. The molecule has 0 spiro atoms. The Bertz CT molecular complexity index is 3820. The summed E-state index contributed by atoms with van der Waals surface area (Å²) in [5.41, 5.74) is 2.70. The van der Waals surface area contributed by atoms with Gasteiger partial charge in [0.2, 0.25) is 17.1 Å². The average Bonchev–Trinajstić information content (AvgIpc) is 1.86. The van der Waals surface area contributed by atoms with Crippen molar-refractivity contribution in [3.8, 4) is 34.3 Å². The highest BCUT2D eigenvalue weighted by molar-refractivity contribution is 5.93. The molecule has 0 radical (unpaired) electrons. The highest BCUT2D eigenvalue weighted by atomic mass is 16.6. The Morgan fingerprint density at radius 1 is 0.635 bits per heavy atom. The van der Waals surface area contributed by atoms with Crippen molar-refractivity contribution in [3.63, 3.8) is 0 Å². The lowest BCUT2D eigenvalue weighted by Crippen LogP contribution is -2.48. The Labute approximate surface area is 486 Å². The monoisotopic (exact) mass is 1170 g/mol. The number of ketones is 1. The van der Waals surface area contributed by atoms with E-state index in [1.807, 2.05) is 13.8 Å². The summed E-state index contributed by atoms with van der Waals surface area (Å²) in [6.45, 7) is 5.95. The molecule has 3 atom stereocenters. The molecular formula is C61H65N5O19. The van der Waals surface area contributed by atoms with Crippen LogP contribution in [-0.4, -0.2) is 137 Å².